The summed E-state index contributed by atoms with van der Waals surface area (Å²) >= 11 is 1.52. The predicted molar refractivity (Wildman–Crippen MR) is 106 cm³/mol. The van der Waals surface area contributed by atoms with E-state index < -0.39 is 16.3 Å². The van der Waals surface area contributed by atoms with Gasteiger partial charge in [0.2, 0.25) is 5.43 Å². The highest BCUT2D eigenvalue weighted by Crippen LogP contribution is 2.22. The van der Waals surface area contributed by atoms with Crippen molar-refractivity contribution in [2.75, 3.05) is 6.54 Å². The Hall–Kier alpha value is -3.33. The molecule has 0 saturated carbocycles. The molecule has 28 heavy (non-hydrogen) atoms. The van der Waals surface area contributed by atoms with Crippen molar-refractivity contribution in [3.05, 3.63) is 84.4 Å². The van der Waals surface area contributed by atoms with E-state index in [0.717, 1.165) is 4.88 Å². The number of benzene rings is 1. The fraction of sp³-hybridized carbons (Fsp3) is 0.211. The van der Waals surface area contributed by atoms with Crippen LogP contribution in [0, 0.1) is 17.0 Å². The molecule has 8 nitrogen and oxygen atoms in total. The summed E-state index contributed by atoms with van der Waals surface area (Å²) in [6.07, 6.45) is 0. The average Bonchev–Trinajstić information content (AvgIpc) is 3.19. The minimum Gasteiger partial charge on any atom is -0.332 e. The van der Waals surface area contributed by atoms with Crippen LogP contribution in [-0.4, -0.2) is 32.1 Å². The highest BCUT2D eigenvalue weighted by atomic mass is 32.1. The fourth-order valence-electron chi connectivity index (χ4n) is 2.80. The quantitative estimate of drug-likeness (QED) is 0.469. The van der Waals surface area contributed by atoms with Crippen molar-refractivity contribution in [2.24, 2.45) is 0 Å². The maximum absolute atomic E-state index is 13.0. The molecular weight excluding hydrogens is 380 g/mol. The molecule has 1 aromatic carbocycles. The zero-order valence-corrected chi connectivity index (χ0v) is 16.2. The van der Waals surface area contributed by atoms with Crippen LogP contribution in [0.2, 0.25) is 0 Å². The van der Waals surface area contributed by atoms with Crippen LogP contribution >= 0.6 is 11.3 Å². The molecule has 0 radical (unpaired) electrons. The molecule has 3 rings (SSSR count). The van der Waals surface area contributed by atoms with Gasteiger partial charge in [0.25, 0.3) is 11.6 Å². The number of aromatic nitrogens is 2. The Kier molecular flexibility index (Phi) is 5.65. The van der Waals surface area contributed by atoms with E-state index in [1.54, 1.807) is 19.1 Å². The van der Waals surface area contributed by atoms with Gasteiger partial charge in [-0.05, 0) is 31.4 Å². The summed E-state index contributed by atoms with van der Waals surface area (Å²) in [5, 5.41) is 17.5. The molecule has 0 bridgehead atoms. The van der Waals surface area contributed by atoms with Crippen molar-refractivity contribution >= 4 is 22.9 Å². The van der Waals surface area contributed by atoms with E-state index in [2.05, 4.69) is 5.10 Å². The van der Waals surface area contributed by atoms with E-state index in [4.69, 9.17) is 0 Å². The fourth-order valence-corrected chi connectivity index (χ4v) is 3.52. The number of carbonyl (C=O) groups is 1. The number of nitro benzene ring substituents is 1. The van der Waals surface area contributed by atoms with Crippen molar-refractivity contribution in [1.29, 1.82) is 0 Å². The third-order valence-corrected chi connectivity index (χ3v) is 5.07. The lowest BCUT2D eigenvalue weighted by molar-refractivity contribution is -0.384. The minimum absolute atomic E-state index is 0.161. The number of hydrogen-bond acceptors (Lipinski definition) is 6. The molecular formula is C19H18N4O4S. The molecule has 0 spiro atoms. The lowest BCUT2D eigenvalue weighted by Crippen LogP contribution is -2.35. The second-order valence-corrected chi connectivity index (χ2v) is 7.09. The maximum atomic E-state index is 13.0. The Bertz CT molecular complexity index is 1080. The van der Waals surface area contributed by atoms with Gasteiger partial charge >= 0.3 is 0 Å². The van der Waals surface area contributed by atoms with Gasteiger partial charge < -0.3 is 4.90 Å². The van der Waals surface area contributed by atoms with Crippen molar-refractivity contribution < 1.29 is 9.72 Å². The molecule has 0 N–H and O–H groups in total. The minimum atomic E-state index is -0.523. The number of aryl methyl sites for hydroxylation is 1. The molecule has 144 valence electrons. The highest BCUT2D eigenvalue weighted by molar-refractivity contribution is 7.09. The lowest BCUT2D eigenvalue weighted by atomic mass is 10.2. The van der Waals surface area contributed by atoms with Gasteiger partial charge in [-0.1, -0.05) is 18.2 Å². The van der Waals surface area contributed by atoms with Gasteiger partial charge in [0.1, 0.15) is 5.69 Å². The molecule has 2 aromatic heterocycles. The zero-order valence-electron chi connectivity index (χ0n) is 15.4. The van der Waals surface area contributed by atoms with E-state index in [0.29, 0.717) is 18.8 Å². The SMILES string of the molecule is CCN(Cc1cccs1)C(=O)c1nn(-c2ccccc2[N+](=O)[O-])c(C)cc1=O. The molecule has 0 unspecified atom stereocenters. The van der Waals surface area contributed by atoms with Crippen LogP contribution in [0.25, 0.3) is 5.69 Å². The van der Waals surface area contributed by atoms with E-state index in [9.17, 15) is 19.7 Å². The third-order valence-electron chi connectivity index (χ3n) is 4.21. The highest BCUT2D eigenvalue weighted by Gasteiger charge is 2.23. The van der Waals surface area contributed by atoms with Crippen LogP contribution in [0.4, 0.5) is 5.69 Å². The number of nitrogens with zero attached hydrogens (tertiary/aromatic N) is 4. The van der Waals surface area contributed by atoms with Crippen LogP contribution < -0.4 is 5.43 Å². The van der Waals surface area contributed by atoms with Crippen molar-refractivity contribution in [1.82, 2.24) is 14.7 Å². The smallest absolute Gasteiger partial charge is 0.294 e. The third kappa shape index (κ3) is 3.84. The summed E-state index contributed by atoms with van der Waals surface area (Å²) in [7, 11) is 0. The Balaban J connectivity index is 2.06. The maximum Gasteiger partial charge on any atom is 0.294 e. The van der Waals surface area contributed by atoms with Crippen molar-refractivity contribution in [3.63, 3.8) is 0 Å². The molecule has 0 atom stereocenters. The number of amides is 1. The number of carbonyl (C=O) groups excluding carboxylic acids is 1. The van der Waals surface area contributed by atoms with Crippen LogP contribution in [0.3, 0.4) is 0 Å². The van der Waals surface area contributed by atoms with Crippen LogP contribution in [0.15, 0.2) is 52.6 Å². The average molecular weight is 398 g/mol. The lowest BCUT2D eigenvalue weighted by Gasteiger charge is -2.20. The Morgan fingerprint density at radius 2 is 2.04 bits per heavy atom. The first-order valence-electron chi connectivity index (χ1n) is 8.58. The topological polar surface area (TPSA) is 98.3 Å². The second kappa shape index (κ2) is 8.13. The van der Waals surface area contributed by atoms with E-state index in [-0.39, 0.29) is 17.1 Å². The van der Waals surface area contributed by atoms with Crippen LogP contribution in [0.5, 0.6) is 0 Å². The molecule has 3 aromatic rings. The predicted octanol–water partition coefficient (Wildman–Crippen LogP) is 3.17. The summed E-state index contributed by atoms with van der Waals surface area (Å²) in [4.78, 5) is 38.7. The van der Waals surface area contributed by atoms with Gasteiger partial charge in [-0.15, -0.1) is 11.3 Å². The van der Waals surface area contributed by atoms with E-state index in [1.165, 1.54) is 39.1 Å². The molecule has 1 amide bonds. The molecule has 0 aliphatic carbocycles. The molecule has 0 aliphatic heterocycles. The number of para-hydroxylation sites is 2. The summed E-state index contributed by atoms with van der Waals surface area (Å²) in [5.41, 5.74) is -0.340. The number of nitro groups is 1. The van der Waals surface area contributed by atoms with Crippen molar-refractivity contribution in [2.45, 2.75) is 20.4 Å². The summed E-state index contributed by atoms with van der Waals surface area (Å²) in [6.45, 7) is 4.20. The Morgan fingerprint density at radius 3 is 2.68 bits per heavy atom. The Morgan fingerprint density at radius 1 is 1.29 bits per heavy atom. The van der Waals surface area contributed by atoms with E-state index >= 15 is 0 Å². The molecule has 9 heteroatoms. The van der Waals surface area contributed by atoms with Gasteiger partial charge in [-0.25, -0.2) is 4.68 Å². The van der Waals surface area contributed by atoms with Crippen LogP contribution in [-0.2, 0) is 6.54 Å². The number of rotatable bonds is 6. The first-order chi connectivity index (χ1) is 13.4. The van der Waals surface area contributed by atoms with Gasteiger partial charge in [0.05, 0.1) is 11.5 Å². The van der Waals surface area contributed by atoms with Crippen LogP contribution in [0.1, 0.15) is 28.0 Å². The molecule has 0 fully saturated rings. The first kappa shape index (κ1) is 19.4. The number of hydrogen-bond donors (Lipinski definition) is 0. The molecule has 2 heterocycles. The van der Waals surface area contributed by atoms with E-state index in [1.807, 2.05) is 24.4 Å². The van der Waals surface area contributed by atoms with Gasteiger partial charge in [0.15, 0.2) is 5.69 Å². The normalized spacial score (nSPS) is 10.6. The Labute approximate surface area is 164 Å². The first-order valence-corrected chi connectivity index (χ1v) is 9.46. The summed E-state index contributed by atoms with van der Waals surface area (Å²) in [6, 6.07) is 11.1. The van der Waals surface area contributed by atoms with Crippen molar-refractivity contribution in [3.8, 4) is 5.69 Å². The summed E-state index contributed by atoms with van der Waals surface area (Å²) in [5.74, 6) is -0.506. The van der Waals surface area contributed by atoms with Gasteiger partial charge in [-0.2, -0.15) is 5.10 Å². The molecule has 0 aliphatic rings. The number of thiophene rings is 1. The standard InChI is InChI=1S/C19H18N4O4S/c1-3-21(12-14-7-6-10-28-14)19(25)18-17(24)11-13(2)22(20-18)15-8-4-5-9-16(15)23(26)27/h4-11H,3,12H2,1-2H3. The summed E-state index contributed by atoms with van der Waals surface area (Å²) < 4.78 is 1.27. The second-order valence-electron chi connectivity index (χ2n) is 6.05. The largest absolute Gasteiger partial charge is 0.332 e. The molecule has 0 saturated heterocycles. The monoisotopic (exact) mass is 398 g/mol. The zero-order chi connectivity index (χ0) is 20.3. The van der Waals surface area contributed by atoms with Gasteiger partial charge in [-0.3, -0.25) is 19.7 Å². The van der Waals surface area contributed by atoms with Gasteiger partial charge in [0, 0.05) is 29.2 Å².